The second-order valence-corrected chi connectivity index (χ2v) is 4.15. The lowest BCUT2D eigenvalue weighted by Gasteiger charge is -2.03. The van der Waals surface area contributed by atoms with Crippen LogP contribution in [0.3, 0.4) is 0 Å². The zero-order chi connectivity index (χ0) is 15.0. The number of benzene rings is 1. The van der Waals surface area contributed by atoms with Crippen LogP contribution in [0.25, 0.3) is 5.69 Å². The fourth-order valence-electron chi connectivity index (χ4n) is 1.39. The molecule has 1 heterocycles. The van der Waals surface area contributed by atoms with E-state index in [-0.39, 0.29) is 4.73 Å². The summed E-state index contributed by atoms with van der Waals surface area (Å²) in [6.45, 7) is 0. The molecule has 2 aromatic rings. The predicted octanol–water partition coefficient (Wildman–Crippen LogP) is 1.91. The summed E-state index contributed by atoms with van der Waals surface area (Å²) in [5, 5.41) is 22.5. The van der Waals surface area contributed by atoms with E-state index in [0.717, 1.165) is 0 Å². The van der Waals surface area contributed by atoms with Crippen molar-refractivity contribution in [2.75, 3.05) is 0 Å². The maximum absolute atomic E-state index is 13.8. The van der Waals surface area contributed by atoms with Gasteiger partial charge in [-0.05, 0) is 22.0 Å². The first-order valence-electron chi connectivity index (χ1n) is 4.81. The van der Waals surface area contributed by atoms with Gasteiger partial charge in [-0.1, -0.05) is 0 Å². The number of aromatic nitrogens is 3. The van der Waals surface area contributed by atoms with E-state index in [9.17, 15) is 23.7 Å². The van der Waals surface area contributed by atoms with E-state index in [1.54, 1.807) is 0 Å². The number of halogens is 3. The summed E-state index contributed by atoms with van der Waals surface area (Å²) in [5.74, 6) is -4.87. The maximum Gasteiger partial charge on any atom is 0.492 e. The molecule has 0 bridgehead atoms. The van der Waals surface area contributed by atoms with Crippen molar-refractivity contribution in [1.29, 1.82) is 0 Å². The van der Waals surface area contributed by atoms with Gasteiger partial charge >= 0.3 is 11.9 Å². The molecule has 11 heteroatoms. The van der Waals surface area contributed by atoms with Crippen LogP contribution in [0.5, 0.6) is 0 Å². The molecule has 0 spiro atoms. The molecule has 0 saturated carbocycles. The Morgan fingerprint density at radius 3 is 2.35 bits per heavy atom. The van der Waals surface area contributed by atoms with Crippen LogP contribution >= 0.6 is 15.9 Å². The number of carboxylic acid groups (broad SMARTS) is 1. The molecule has 2 rings (SSSR count). The van der Waals surface area contributed by atoms with Crippen LogP contribution in [-0.4, -0.2) is 30.8 Å². The minimum absolute atomic E-state index is 0.301. The third-order valence-electron chi connectivity index (χ3n) is 2.20. The van der Waals surface area contributed by atoms with E-state index in [2.05, 4.69) is 26.0 Å². The Labute approximate surface area is 116 Å². The molecule has 0 atom stereocenters. The van der Waals surface area contributed by atoms with Gasteiger partial charge in [-0.3, -0.25) is 0 Å². The SMILES string of the molecule is O=C(O)c1cc(F)c(-n2nc([N+](=O)[O-])nc2Br)c(F)c1. The van der Waals surface area contributed by atoms with Crippen molar-refractivity contribution in [2.45, 2.75) is 0 Å². The Morgan fingerprint density at radius 2 is 1.95 bits per heavy atom. The zero-order valence-electron chi connectivity index (χ0n) is 9.25. The summed E-state index contributed by atoms with van der Waals surface area (Å²) in [5.41, 5.74) is -1.38. The Kier molecular flexibility index (Phi) is 3.44. The highest BCUT2D eigenvalue weighted by atomic mass is 79.9. The van der Waals surface area contributed by atoms with Crippen molar-refractivity contribution < 1.29 is 23.6 Å². The van der Waals surface area contributed by atoms with Gasteiger partial charge in [0.2, 0.25) is 0 Å². The first-order chi connectivity index (χ1) is 9.31. The molecule has 0 aliphatic carbocycles. The van der Waals surface area contributed by atoms with Crippen molar-refractivity contribution in [2.24, 2.45) is 0 Å². The molecule has 104 valence electrons. The quantitative estimate of drug-likeness (QED) is 0.669. The Bertz CT molecular complexity index is 710. The van der Waals surface area contributed by atoms with E-state index < -0.39 is 39.7 Å². The van der Waals surface area contributed by atoms with Gasteiger partial charge < -0.3 is 15.2 Å². The number of nitro groups is 1. The second-order valence-electron chi connectivity index (χ2n) is 3.44. The molecule has 0 saturated heterocycles. The first kappa shape index (κ1) is 14.0. The Hall–Kier alpha value is -2.43. The normalized spacial score (nSPS) is 10.6. The lowest BCUT2D eigenvalue weighted by Crippen LogP contribution is -2.07. The van der Waals surface area contributed by atoms with Crippen molar-refractivity contribution >= 4 is 27.8 Å². The van der Waals surface area contributed by atoms with Crippen LogP contribution < -0.4 is 0 Å². The minimum atomic E-state index is -1.52. The highest BCUT2D eigenvalue weighted by Gasteiger charge is 2.26. The smallest absolute Gasteiger partial charge is 0.478 e. The van der Waals surface area contributed by atoms with Gasteiger partial charge in [0.15, 0.2) is 17.3 Å². The molecule has 0 aliphatic heterocycles. The Morgan fingerprint density at radius 1 is 1.40 bits per heavy atom. The van der Waals surface area contributed by atoms with Gasteiger partial charge in [0, 0.05) is 21.0 Å². The third-order valence-corrected chi connectivity index (χ3v) is 2.71. The summed E-state index contributed by atoms with van der Waals surface area (Å²) in [7, 11) is 0. The molecule has 0 radical (unpaired) electrons. The number of hydrogen-bond donors (Lipinski definition) is 1. The van der Waals surface area contributed by atoms with E-state index in [0.29, 0.717) is 16.8 Å². The molecule has 0 amide bonds. The molecular weight excluding hydrogens is 346 g/mol. The van der Waals surface area contributed by atoms with Crippen LogP contribution in [0.4, 0.5) is 14.7 Å². The standard InChI is InChI=1S/C9H3BrF2N4O4/c10-8-13-9(16(19)20)14-15(8)6-4(11)1-3(7(17)18)2-5(6)12/h1-2H,(H,17,18). The molecule has 8 nitrogen and oxygen atoms in total. The highest BCUT2D eigenvalue weighted by molar-refractivity contribution is 9.10. The molecule has 20 heavy (non-hydrogen) atoms. The second kappa shape index (κ2) is 4.92. The highest BCUT2D eigenvalue weighted by Crippen LogP contribution is 2.24. The third kappa shape index (κ3) is 2.34. The van der Waals surface area contributed by atoms with Crippen molar-refractivity contribution in [3.8, 4) is 5.69 Å². The van der Waals surface area contributed by atoms with Gasteiger partial charge in [0.25, 0.3) is 4.73 Å². The maximum atomic E-state index is 13.8. The zero-order valence-corrected chi connectivity index (χ0v) is 10.8. The summed E-state index contributed by atoms with van der Waals surface area (Å²) in [6.07, 6.45) is 0. The van der Waals surface area contributed by atoms with Crippen LogP contribution in [0.15, 0.2) is 16.9 Å². The summed E-state index contributed by atoms with van der Waals surface area (Å²) in [4.78, 5) is 23.5. The molecular formula is C9H3BrF2N4O4. The Balaban J connectivity index is 2.64. The van der Waals surface area contributed by atoms with Gasteiger partial charge in [0.05, 0.1) is 5.56 Å². The molecule has 0 unspecified atom stereocenters. The molecule has 1 aromatic carbocycles. The van der Waals surface area contributed by atoms with E-state index in [1.807, 2.05) is 0 Å². The average molecular weight is 349 g/mol. The van der Waals surface area contributed by atoms with Crippen molar-refractivity contribution in [3.63, 3.8) is 0 Å². The van der Waals surface area contributed by atoms with E-state index in [4.69, 9.17) is 5.11 Å². The summed E-state index contributed by atoms with van der Waals surface area (Å²) >= 11 is 2.77. The monoisotopic (exact) mass is 348 g/mol. The lowest BCUT2D eigenvalue weighted by atomic mass is 10.2. The number of rotatable bonds is 3. The molecule has 1 N–H and O–H groups in total. The first-order valence-corrected chi connectivity index (χ1v) is 5.60. The van der Waals surface area contributed by atoms with Gasteiger partial charge in [-0.15, -0.1) is 4.68 Å². The van der Waals surface area contributed by atoms with Crippen molar-refractivity contribution in [1.82, 2.24) is 14.8 Å². The molecule has 1 aromatic heterocycles. The van der Waals surface area contributed by atoms with Crippen molar-refractivity contribution in [3.05, 3.63) is 44.2 Å². The van der Waals surface area contributed by atoms with Crippen LogP contribution in [0, 0.1) is 21.7 Å². The van der Waals surface area contributed by atoms with Gasteiger partial charge in [-0.25, -0.2) is 13.6 Å². The fourth-order valence-corrected chi connectivity index (χ4v) is 1.81. The number of carboxylic acids is 1. The van der Waals surface area contributed by atoms with E-state index in [1.165, 1.54) is 0 Å². The average Bonchev–Trinajstić information content (AvgIpc) is 2.70. The van der Waals surface area contributed by atoms with Gasteiger partial charge in [-0.2, -0.15) is 0 Å². The largest absolute Gasteiger partial charge is 0.492 e. The summed E-state index contributed by atoms with van der Waals surface area (Å²) < 4.78 is 27.8. The molecule has 0 fully saturated rings. The summed E-state index contributed by atoms with van der Waals surface area (Å²) in [6, 6.07) is 1.14. The number of carbonyl (C=O) groups is 1. The fraction of sp³-hybridized carbons (Fsp3) is 0. The number of aromatic carboxylic acids is 1. The van der Waals surface area contributed by atoms with E-state index >= 15 is 0 Å². The minimum Gasteiger partial charge on any atom is -0.478 e. The molecule has 0 aliphatic rings. The number of hydrogen-bond acceptors (Lipinski definition) is 5. The lowest BCUT2D eigenvalue weighted by molar-refractivity contribution is -0.394. The van der Waals surface area contributed by atoms with Crippen LogP contribution in [0.2, 0.25) is 0 Å². The van der Waals surface area contributed by atoms with Gasteiger partial charge in [0.1, 0.15) is 0 Å². The topological polar surface area (TPSA) is 111 Å². The number of nitrogens with zero attached hydrogens (tertiary/aromatic N) is 4. The predicted molar refractivity (Wildman–Crippen MR) is 62.6 cm³/mol. The van der Waals surface area contributed by atoms with Crippen LogP contribution in [0.1, 0.15) is 10.4 Å². The van der Waals surface area contributed by atoms with Crippen LogP contribution in [-0.2, 0) is 0 Å².